The van der Waals surface area contributed by atoms with Crippen molar-refractivity contribution in [2.75, 3.05) is 19.6 Å². The number of carbonyl (C=O) groups is 3. The number of hydrogen-bond acceptors (Lipinski definition) is 6. The van der Waals surface area contributed by atoms with E-state index in [1.165, 1.54) is 29.5 Å². The number of likely N-dealkylation sites (tertiary alicyclic amines) is 2. The normalized spacial score (nSPS) is 19.2. The Hall–Kier alpha value is -2.70. The van der Waals surface area contributed by atoms with E-state index in [1.807, 2.05) is 44.2 Å². The van der Waals surface area contributed by atoms with Crippen LogP contribution < -0.4 is 10.0 Å². The molecule has 0 aliphatic carbocycles. The van der Waals surface area contributed by atoms with Gasteiger partial charge in [0, 0.05) is 22.8 Å². The molecule has 0 radical (unpaired) electrons. The van der Waals surface area contributed by atoms with Gasteiger partial charge in [-0.05, 0) is 54.5 Å². The largest absolute Gasteiger partial charge is 0.340 e. The molecule has 2 bridgehead atoms. The van der Waals surface area contributed by atoms with Gasteiger partial charge < -0.3 is 15.1 Å². The summed E-state index contributed by atoms with van der Waals surface area (Å²) in [6.45, 7) is 4.21. The van der Waals surface area contributed by atoms with E-state index in [4.69, 9.17) is 23.2 Å². The maximum absolute atomic E-state index is 13.7. The number of fused-ring (bicyclic) bond motifs is 3. The molecule has 41 heavy (non-hydrogen) atoms. The van der Waals surface area contributed by atoms with Crippen LogP contribution in [-0.2, 0) is 19.6 Å². The summed E-state index contributed by atoms with van der Waals surface area (Å²) in [5, 5.41) is 4.20. The van der Waals surface area contributed by atoms with Crippen molar-refractivity contribution in [3.8, 4) is 0 Å². The second-order valence-corrected chi connectivity index (χ2v) is 14.4. The van der Waals surface area contributed by atoms with Gasteiger partial charge in [0.1, 0.15) is 10.9 Å². The number of halogens is 2. The number of hydrogen-bond donors (Lipinski definition) is 2. The minimum Gasteiger partial charge on any atom is -0.340 e. The Bertz CT molecular complexity index is 1580. The fourth-order valence-corrected chi connectivity index (χ4v) is 8.20. The highest BCUT2D eigenvalue weighted by Crippen LogP contribution is 2.32. The van der Waals surface area contributed by atoms with Crippen molar-refractivity contribution in [2.24, 2.45) is 5.92 Å². The molecule has 2 fully saturated rings. The second-order valence-electron chi connectivity index (χ2n) is 10.8. The standard InChI is InChI=1S/C28H30Cl2N4O5S2/c1-16(2)9-22(32-27(36)24-10-17-5-3-4-6-23(17)40-24)28(37)34-15-19-12-20(34)14-33(19)26(35)13-31-41(38,39)25-8-7-18(29)11-21(25)30/h3-8,10-11,16,19-20,22,31H,9,12-15H2,1-2H3,(H,32,36)/t19-,20-,22?/m0/s1. The molecule has 9 nitrogen and oxygen atoms in total. The summed E-state index contributed by atoms with van der Waals surface area (Å²) in [5.41, 5.74) is 0. The molecule has 5 rings (SSSR count). The number of piperazine rings is 1. The number of sulfonamides is 1. The summed E-state index contributed by atoms with van der Waals surface area (Å²) in [7, 11) is -4.03. The van der Waals surface area contributed by atoms with Crippen LogP contribution in [0, 0.1) is 5.92 Å². The van der Waals surface area contributed by atoms with E-state index >= 15 is 0 Å². The summed E-state index contributed by atoms with van der Waals surface area (Å²) >= 11 is 13.3. The summed E-state index contributed by atoms with van der Waals surface area (Å²) in [6, 6.07) is 12.5. The predicted molar refractivity (Wildman–Crippen MR) is 160 cm³/mol. The van der Waals surface area contributed by atoms with E-state index in [-0.39, 0.29) is 45.6 Å². The van der Waals surface area contributed by atoms with Crippen LogP contribution in [0.3, 0.4) is 0 Å². The number of amides is 3. The average Bonchev–Trinajstić information content (AvgIpc) is 3.65. The van der Waals surface area contributed by atoms with Crippen molar-refractivity contribution in [3.05, 3.63) is 63.5 Å². The zero-order valence-electron chi connectivity index (χ0n) is 22.5. The van der Waals surface area contributed by atoms with Crippen molar-refractivity contribution in [1.82, 2.24) is 19.8 Å². The predicted octanol–water partition coefficient (Wildman–Crippen LogP) is 4.14. The summed E-state index contributed by atoms with van der Waals surface area (Å²) in [6.07, 6.45) is 1.09. The van der Waals surface area contributed by atoms with Crippen molar-refractivity contribution in [1.29, 1.82) is 0 Å². The molecule has 2 saturated heterocycles. The van der Waals surface area contributed by atoms with Crippen LogP contribution >= 0.6 is 34.5 Å². The Labute approximate surface area is 252 Å². The second kappa shape index (κ2) is 11.9. The van der Waals surface area contributed by atoms with Gasteiger partial charge in [0.05, 0.1) is 28.5 Å². The van der Waals surface area contributed by atoms with Crippen molar-refractivity contribution in [2.45, 2.75) is 49.7 Å². The zero-order valence-corrected chi connectivity index (χ0v) is 25.6. The lowest BCUT2D eigenvalue weighted by atomic mass is 10.0. The Kier molecular flexibility index (Phi) is 8.63. The Balaban J connectivity index is 1.20. The number of rotatable bonds is 9. The maximum atomic E-state index is 13.7. The molecule has 2 aliphatic rings. The molecule has 1 unspecified atom stereocenters. The van der Waals surface area contributed by atoms with E-state index in [0.717, 1.165) is 10.1 Å². The molecule has 3 heterocycles. The van der Waals surface area contributed by atoms with Crippen LogP contribution in [0.15, 0.2) is 53.4 Å². The van der Waals surface area contributed by atoms with Crippen molar-refractivity contribution >= 4 is 72.4 Å². The topological polar surface area (TPSA) is 116 Å². The Morgan fingerprint density at radius 2 is 1.73 bits per heavy atom. The van der Waals surface area contributed by atoms with Gasteiger partial charge in [-0.1, -0.05) is 55.2 Å². The Morgan fingerprint density at radius 3 is 2.39 bits per heavy atom. The molecule has 2 aliphatic heterocycles. The molecular weight excluding hydrogens is 607 g/mol. The lowest BCUT2D eigenvalue weighted by Gasteiger charge is -2.36. The molecule has 218 valence electrons. The van der Waals surface area contributed by atoms with Gasteiger partial charge in [-0.2, -0.15) is 0 Å². The first-order valence-electron chi connectivity index (χ1n) is 13.3. The average molecular weight is 638 g/mol. The quantitative estimate of drug-likeness (QED) is 0.366. The van der Waals surface area contributed by atoms with Crippen LogP contribution in [0.25, 0.3) is 10.1 Å². The first kappa shape index (κ1) is 29.8. The Morgan fingerprint density at radius 1 is 1.02 bits per heavy atom. The van der Waals surface area contributed by atoms with E-state index in [1.54, 1.807) is 9.80 Å². The number of thiophene rings is 1. The third kappa shape index (κ3) is 6.39. The van der Waals surface area contributed by atoms with Crippen molar-refractivity contribution < 1.29 is 22.8 Å². The van der Waals surface area contributed by atoms with E-state index in [9.17, 15) is 22.8 Å². The van der Waals surface area contributed by atoms with E-state index in [2.05, 4.69) is 10.0 Å². The summed E-state index contributed by atoms with van der Waals surface area (Å²) < 4.78 is 28.7. The maximum Gasteiger partial charge on any atom is 0.262 e. The number of benzene rings is 2. The first-order valence-corrected chi connectivity index (χ1v) is 16.3. The fraction of sp³-hybridized carbons (Fsp3) is 0.393. The molecule has 0 spiro atoms. The van der Waals surface area contributed by atoms with Crippen LogP contribution in [0.1, 0.15) is 36.4 Å². The minimum atomic E-state index is -4.03. The van der Waals surface area contributed by atoms with Crippen molar-refractivity contribution in [3.63, 3.8) is 0 Å². The van der Waals surface area contributed by atoms with E-state index < -0.39 is 22.6 Å². The molecule has 1 aromatic heterocycles. The zero-order chi connectivity index (χ0) is 29.5. The highest BCUT2D eigenvalue weighted by atomic mass is 35.5. The molecule has 3 amide bonds. The SMILES string of the molecule is CC(C)CC(NC(=O)c1cc2ccccc2s1)C(=O)N1C[C@@H]2C[C@H]1CN2C(=O)CNS(=O)(=O)c1ccc(Cl)cc1Cl. The van der Waals surface area contributed by atoms with Crippen LogP contribution in [0.2, 0.25) is 10.0 Å². The lowest BCUT2D eigenvalue weighted by Crippen LogP contribution is -2.57. The smallest absolute Gasteiger partial charge is 0.262 e. The van der Waals surface area contributed by atoms with Gasteiger partial charge in [0.15, 0.2) is 0 Å². The van der Waals surface area contributed by atoms with Gasteiger partial charge >= 0.3 is 0 Å². The number of nitrogens with one attached hydrogen (secondary N) is 2. The summed E-state index contributed by atoms with van der Waals surface area (Å²) in [5.74, 6) is -0.646. The molecule has 2 N–H and O–H groups in total. The third-order valence-electron chi connectivity index (χ3n) is 7.40. The highest BCUT2D eigenvalue weighted by molar-refractivity contribution is 7.89. The minimum absolute atomic E-state index is 0.0396. The lowest BCUT2D eigenvalue weighted by molar-refractivity contribution is -0.140. The molecule has 2 aromatic carbocycles. The van der Waals surface area contributed by atoms with Gasteiger partial charge in [0.25, 0.3) is 5.91 Å². The van der Waals surface area contributed by atoms with Crippen LogP contribution in [-0.4, -0.2) is 73.7 Å². The van der Waals surface area contributed by atoms with Gasteiger partial charge in [0.2, 0.25) is 21.8 Å². The highest BCUT2D eigenvalue weighted by Gasteiger charge is 2.48. The van der Waals surface area contributed by atoms with Gasteiger partial charge in [-0.3, -0.25) is 14.4 Å². The monoisotopic (exact) mass is 636 g/mol. The van der Waals surface area contributed by atoms with Crippen LogP contribution in [0.4, 0.5) is 0 Å². The molecule has 13 heteroatoms. The van der Waals surface area contributed by atoms with Crippen LogP contribution in [0.5, 0.6) is 0 Å². The molecule has 0 saturated carbocycles. The first-order chi connectivity index (χ1) is 19.4. The molecule has 3 aromatic rings. The fourth-order valence-electron chi connectivity index (χ4n) is 5.49. The van der Waals surface area contributed by atoms with E-state index in [0.29, 0.717) is 35.8 Å². The molecular formula is C28H30Cl2N4O5S2. The number of carbonyl (C=O) groups excluding carboxylic acids is 3. The van der Waals surface area contributed by atoms with Gasteiger partial charge in [-0.25, -0.2) is 13.1 Å². The summed E-state index contributed by atoms with van der Waals surface area (Å²) in [4.78, 5) is 43.5. The van der Waals surface area contributed by atoms with Gasteiger partial charge in [-0.15, -0.1) is 11.3 Å². The third-order valence-corrected chi connectivity index (χ3v) is 10.6. The number of nitrogens with zero attached hydrogens (tertiary/aromatic N) is 2. The molecule has 3 atom stereocenters.